The van der Waals surface area contributed by atoms with Gasteiger partial charge in [0.15, 0.2) is 0 Å². The van der Waals surface area contributed by atoms with Crippen molar-refractivity contribution in [3.05, 3.63) is 34.9 Å². The van der Waals surface area contributed by atoms with Gasteiger partial charge >= 0.3 is 5.97 Å². The molecule has 1 heterocycles. The summed E-state index contributed by atoms with van der Waals surface area (Å²) in [5.41, 5.74) is 3.37. The molecule has 2 unspecified atom stereocenters. The van der Waals surface area contributed by atoms with Crippen molar-refractivity contribution in [1.82, 2.24) is 4.90 Å². The molecule has 0 aromatic heterocycles. The molecule has 0 radical (unpaired) electrons. The molecule has 1 aliphatic heterocycles. The second kappa shape index (κ2) is 5.65. The van der Waals surface area contributed by atoms with E-state index in [4.69, 9.17) is 5.11 Å². The summed E-state index contributed by atoms with van der Waals surface area (Å²) < 4.78 is 0. The van der Waals surface area contributed by atoms with Crippen LogP contribution in [0, 0.1) is 25.7 Å². The zero-order chi connectivity index (χ0) is 14.9. The Morgan fingerprint density at radius 1 is 1.25 bits per heavy atom. The lowest BCUT2D eigenvalue weighted by Crippen LogP contribution is -2.31. The highest BCUT2D eigenvalue weighted by Gasteiger charge is 2.36. The van der Waals surface area contributed by atoms with Gasteiger partial charge in [0.25, 0.3) is 0 Å². The first-order chi connectivity index (χ1) is 9.38. The van der Waals surface area contributed by atoms with Crippen LogP contribution in [-0.4, -0.2) is 35.0 Å². The fourth-order valence-corrected chi connectivity index (χ4v) is 2.69. The van der Waals surface area contributed by atoms with Crippen LogP contribution >= 0.6 is 0 Å². The smallest absolute Gasteiger partial charge is 0.308 e. The molecule has 20 heavy (non-hydrogen) atoms. The van der Waals surface area contributed by atoms with E-state index in [1.54, 1.807) is 4.90 Å². The van der Waals surface area contributed by atoms with E-state index in [0.29, 0.717) is 19.5 Å². The first kappa shape index (κ1) is 14.6. The van der Waals surface area contributed by atoms with Crippen LogP contribution in [0.5, 0.6) is 0 Å². The molecule has 0 spiro atoms. The Morgan fingerprint density at radius 2 is 1.95 bits per heavy atom. The van der Waals surface area contributed by atoms with Gasteiger partial charge in [0.05, 0.1) is 12.3 Å². The zero-order valence-electron chi connectivity index (χ0n) is 12.2. The van der Waals surface area contributed by atoms with E-state index in [1.807, 2.05) is 39.0 Å². The average molecular weight is 275 g/mol. The molecule has 1 fully saturated rings. The molecule has 1 aromatic carbocycles. The van der Waals surface area contributed by atoms with Crippen LogP contribution in [0.25, 0.3) is 0 Å². The van der Waals surface area contributed by atoms with Gasteiger partial charge in [-0.15, -0.1) is 0 Å². The molecule has 4 heteroatoms. The fraction of sp³-hybridized carbons (Fsp3) is 0.500. The minimum atomic E-state index is -0.806. The number of amides is 1. The van der Waals surface area contributed by atoms with Gasteiger partial charge in [-0.2, -0.15) is 0 Å². The molecule has 0 saturated carbocycles. The average Bonchev–Trinajstić information content (AvgIpc) is 2.76. The summed E-state index contributed by atoms with van der Waals surface area (Å²) in [4.78, 5) is 25.0. The van der Waals surface area contributed by atoms with Crippen molar-refractivity contribution in [2.75, 3.05) is 13.1 Å². The van der Waals surface area contributed by atoms with Gasteiger partial charge in [0.2, 0.25) is 5.91 Å². The highest BCUT2D eigenvalue weighted by Crippen LogP contribution is 2.24. The lowest BCUT2D eigenvalue weighted by atomic mass is 9.99. The maximum atomic E-state index is 12.3. The normalized spacial score (nSPS) is 22.1. The molecule has 1 saturated heterocycles. The van der Waals surface area contributed by atoms with Crippen molar-refractivity contribution >= 4 is 11.9 Å². The summed E-state index contributed by atoms with van der Waals surface area (Å²) in [6.07, 6.45) is 0.347. The Balaban J connectivity index is 2.02. The number of carboxylic acids is 1. The van der Waals surface area contributed by atoms with E-state index in [-0.39, 0.29) is 11.8 Å². The van der Waals surface area contributed by atoms with E-state index in [9.17, 15) is 9.59 Å². The van der Waals surface area contributed by atoms with Crippen LogP contribution in [-0.2, 0) is 16.0 Å². The summed E-state index contributed by atoms with van der Waals surface area (Å²) in [5, 5.41) is 9.10. The summed E-state index contributed by atoms with van der Waals surface area (Å²) in [7, 11) is 0. The zero-order valence-corrected chi connectivity index (χ0v) is 12.2. The predicted octanol–water partition coefficient (Wildman–Crippen LogP) is 2.03. The number of hydrogen-bond donors (Lipinski definition) is 1. The Hall–Kier alpha value is -1.84. The number of aryl methyl sites for hydroxylation is 2. The summed E-state index contributed by atoms with van der Waals surface area (Å²) >= 11 is 0. The van der Waals surface area contributed by atoms with Gasteiger partial charge in [-0.05, 0) is 36.5 Å². The van der Waals surface area contributed by atoms with Gasteiger partial charge in [0.1, 0.15) is 0 Å². The van der Waals surface area contributed by atoms with E-state index in [1.165, 1.54) is 11.1 Å². The maximum absolute atomic E-state index is 12.3. The van der Waals surface area contributed by atoms with E-state index in [2.05, 4.69) is 0 Å². The Morgan fingerprint density at radius 3 is 2.50 bits per heavy atom. The summed E-state index contributed by atoms with van der Waals surface area (Å²) in [5.74, 6) is -1.20. The molecule has 1 aliphatic rings. The van der Waals surface area contributed by atoms with E-state index < -0.39 is 11.9 Å². The number of aliphatic carboxylic acids is 1. The van der Waals surface area contributed by atoms with Crippen molar-refractivity contribution in [3.8, 4) is 0 Å². The standard InChI is InChI=1S/C16H21NO3/c1-10-4-5-13(6-11(10)2)7-15(18)17-8-12(3)14(9-17)16(19)20/h4-6,12,14H,7-9H2,1-3H3,(H,19,20). The molecule has 0 aliphatic carbocycles. The Kier molecular flexibility index (Phi) is 4.12. The SMILES string of the molecule is Cc1ccc(CC(=O)N2CC(C)C(C(=O)O)C2)cc1C. The van der Waals surface area contributed by atoms with Crippen LogP contribution in [0.15, 0.2) is 18.2 Å². The number of carbonyl (C=O) groups excluding carboxylic acids is 1. The van der Waals surface area contributed by atoms with Gasteiger partial charge in [-0.3, -0.25) is 9.59 Å². The van der Waals surface area contributed by atoms with E-state index >= 15 is 0 Å². The summed E-state index contributed by atoms with van der Waals surface area (Å²) in [6.45, 7) is 6.84. The molecule has 1 amide bonds. The number of rotatable bonds is 3. The predicted molar refractivity (Wildman–Crippen MR) is 76.5 cm³/mol. The first-order valence-electron chi connectivity index (χ1n) is 6.95. The van der Waals surface area contributed by atoms with Gasteiger partial charge < -0.3 is 10.0 Å². The van der Waals surface area contributed by atoms with Gasteiger partial charge in [0, 0.05) is 13.1 Å². The lowest BCUT2D eigenvalue weighted by Gasteiger charge is -2.16. The Bertz CT molecular complexity index is 539. The molecule has 4 nitrogen and oxygen atoms in total. The number of likely N-dealkylation sites (tertiary alicyclic amines) is 1. The lowest BCUT2D eigenvalue weighted by molar-refractivity contribution is -0.142. The van der Waals surface area contributed by atoms with Crippen molar-refractivity contribution < 1.29 is 14.7 Å². The van der Waals surface area contributed by atoms with Crippen molar-refractivity contribution in [2.24, 2.45) is 11.8 Å². The molecular weight excluding hydrogens is 254 g/mol. The number of carboxylic acid groups (broad SMARTS) is 1. The van der Waals surface area contributed by atoms with Gasteiger partial charge in [-0.1, -0.05) is 25.1 Å². The number of carbonyl (C=O) groups is 2. The molecule has 2 atom stereocenters. The van der Waals surface area contributed by atoms with Crippen LogP contribution in [0.3, 0.4) is 0 Å². The van der Waals surface area contributed by atoms with Crippen LogP contribution < -0.4 is 0 Å². The molecule has 108 valence electrons. The molecular formula is C16H21NO3. The minimum Gasteiger partial charge on any atom is -0.481 e. The monoisotopic (exact) mass is 275 g/mol. The quantitative estimate of drug-likeness (QED) is 0.918. The second-order valence-electron chi connectivity index (χ2n) is 5.82. The molecule has 1 aromatic rings. The van der Waals surface area contributed by atoms with Crippen LogP contribution in [0.1, 0.15) is 23.6 Å². The maximum Gasteiger partial charge on any atom is 0.308 e. The third kappa shape index (κ3) is 3.00. The second-order valence-corrected chi connectivity index (χ2v) is 5.82. The fourth-order valence-electron chi connectivity index (χ4n) is 2.69. The number of nitrogens with zero attached hydrogens (tertiary/aromatic N) is 1. The molecule has 1 N–H and O–H groups in total. The number of hydrogen-bond acceptors (Lipinski definition) is 2. The highest BCUT2D eigenvalue weighted by molar-refractivity contribution is 5.81. The van der Waals surface area contributed by atoms with Crippen LogP contribution in [0.2, 0.25) is 0 Å². The molecule has 2 rings (SSSR count). The Labute approximate surface area is 119 Å². The van der Waals surface area contributed by atoms with Crippen LogP contribution in [0.4, 0.5) is 0 Å². The van der Waals surface area contributed by atoms with Crippen molar-refractivity contribution in [1.29, 1.82) is 0 Å². The third-order valence-corrected chi connectivity index (χ3v) is 4.21. The summed E-state index contributed by atoms with van der Waals surface area (Å²) in [6, 6.07) is 6.01. The largest absolute Gasteiger partial charge is 0.481 e. The number of benzene rings is 1. The van der Waals surface area contributed by atoms with Crippen molar-refractivity contribution in [3.63, 3.8) is 0 Å². The first-order valence-corrected chi connectivity index (χ1v) is 6.95. The third-order valence-electron chi connectivity index (χ3n) is 4.21. The van der Waals surface area contributed by atoms with Crippen molar-refractivity contribution in [2.45, 2.75) is 27.2 Å². The van der Waals surface area contributed by atoms with Gasteiger partial charge in [-0.25, -0.2) is 0 Å². The van der Waals surface area contributed by atoms with E-state index in [0.717, 1.165) is 5.56 Å². The minimum absolute atomic E-state index is 0.0175. The highest BCUT2D eigenvalue weighted by atomic mass is 16.4. The topological polar surface area (TPSA) is 57.6 Å². The molecule has 0 bridgehead atoms.